The summed E-state index contributed by atoms with van der Waals surface area (Å²) >= 11 is 0. The molecule has 0 radical (unpaired) electrons. The van der Waals surface area contributed by atoms with Crippen LogP contribution in [0.1, 0.15) is 5.56 Å². The van der Waals surface area contributed by atoms with Gasteiger partial charge in [0.1, 0.15) is 11.6 Å². The lowest BCUT2D eigenvalue weighted by Crippen LogP contribution is -2.05. The molecule has 1 aliphatic heterocycles. The third-order valence-electron chi connectivity index (χ3n) is 3.94. The molecule has 1 aliphatic rings. The van der Waals surface area contributed by atoms with Crippen LogP contribution in [0.4, 0.5) is 17.5 Å². The van der Waals surface area contributed by atoms with Crippen molar-refractivity contribution in [2.24, 2.45) is 0 Å². The van der Waals surface area contributed by atoms with E-state index in [1.807, 2.05) is 48.5 Å². The zero-order chi connectivity index (χ0) is 17.8. The van der Waals surface area contributed by atoms with Gasteiger partial charge in [-0.3, -0.25) is 0 Å². The average Bonchev–Trinajstić information content (AvgIpc) is 3.15. The predicted molar refractivity (Wildman–Crippen MR) is 98.2 cm³/mol. The van der Waals surface area contributed by atoms with Crippen molar-refractivity contribution < 1.29 is 14.2 Å². The van der Waals surface area contributed by atoms with Gasteiger partial charge in [0.25, 0.3) is 0 Å². The fraction of sp³-hybridized carbons (Fsp3) is 0.158. The van der Waals surface area contributed by atoms with Crippen LogP contribution in [0.2, 0.25) is 0 Å². The largest absolute Gasteiger partial charge is 0.496 e. The molecule has 0 atom stereocenters. The van der Waals surface area contributed by atoms with E-state index in [-0.39, 0.29) is 6.79 Å². The van der Waals surface area contributed by atoms with Crippen LogP contribution in [-0.2, 0) is 6.54 Å². The predicted octanol–water partition coefficient (Wildman–Crippen LogP) is 3.57. The van der Waals surface area contributed by atoms with Crippen molar-refractivity contribution in [3.8, 4) is 17.2 Å². The van der Waals surface area contributed by atoms with Crippen molar-refractivity contribution in [1.29, 1.82) is 0 Å². The quantitative estimate of drug-likeness (QED) is 0.704. The van der Waals surface area contributed by atoms with Crippen LogP contribution >= 0.6 is 0 Å². The Morgan fingerprint density at radius 2 is 1.96 bits per heavy atom. The maximum atomic E-state index is 5.38. The van der Waals surface area contributed by atoms with E-state index in [4.69, 9.17) is 14.2 Å². The number of hydrogen-bond acceptors (Lipinski definition) is 7. The molecule has 2 aromatic carbocycles. The summed E-state index contributed by atoms with van der Waals surface area (Å²) in [6.45, 7) is 0.849. The van der Waals surface area contributed by atoms with E-state index >= 15 is 0 Å². The Morgan fingerprint density at radius 3 is 2.88 bits per heavy atom. The molecule has 0 fully saturated rings. The Morgan fingerprint density at radius 1 is 1.08 bits per heavy atom. The van der Waals surface area contributed by atoms with Crippen molar-refractivity contribution >= 4 is 17.5 Å². The van der Waals surface area contributed by atoms with E-state index in [2.05, 4.69) is 20.6 Å². The molecule has 1 aromatic heterocycles. The first-order valence-electron chi connectivity index (χ1n) is 8.17. The maximum Gasteiger partial charge on any atom is 0.231 e. The van der Waals surface area contributed by atoms with Crippen LogP contribution < -0.4 is 24.8 Å². The highest BCUT2D eigenvalue weighted by molar-refractivity contribution is 5.61. The number of rotatable bonds is 6. The minimum absolute atomic E-state index is 0.248. The highest BCUT2D eigenvalue weighted by Gasteiger charge is 2.13. The zero-order valence-corrected chi connectivity index (χ0v) is 14.2. The molecule has 0 unspecified atom stereocenters. The van der Waals surface area contributed by atoms with Crippen molar-refractivity contribution in [3.05, 3.63) is 60.3 Å². The normalized spacial score (nSPS) is 11.9. The Hall–Kier alpha value is -3.48. The van der Waals surface area contributed by atoms with E-state index in [1.54, 1.807) is 13.3 Å². The third-order valence-corrected chi connectivity index (χ3v) is 3.94. The van der Waals surface area contributed by atoms with Gasteiger partial charge in [0.15, 0.2) is 11.5 Å². The minimum Gasteiger partial charge on any atom is -0.496 e. The van der Waals surface area contributed by atoms with Gasteiger partial charge in [-0.2, -0.15) is 4.98 Å². The molecule has 4 rings (SSSR count). The summed E-state index contributed by atoms with van der Waals surface area (Å²) in [6, 6.07) is 15.3. The molecule has 26 heavy (non-hydrogen) atoms. The maximum absolute atomic E-state index is 5.38. The highest BCUT2D eigenvalue weighted by atomic mass is 16.7. The lowest BCUT2D eigenvalue weighted by Gasteiger charge is -2.11. The van der Waals surface area contributed by atoms with Gasteiger partial charge >= 0.3 is 0 Å². The Balaban J connectivity index is 1.45. The second-order valence-electron chi connectivity index (χ2n) is 5.62. The van der Waals surface area contributed by atoms with Crippen LogP contribution in [-0.4, -0.2) is 23.9 Å². The van der Waals surface area contributed by atoms with Gasteiger partial charge in [0.05, 0.1) is 7.11 Å². The van der Waals surface area contributed by atoms with Gasteiger partial charge in [0, 0.05) is 30.1 Å². The summed E-state index contributed by atoms with van der Waals surface area (Å²) in [7, 11) is 1.66. The third kappa shape index (κ3) is 3.46. The first kappa shape index (κ1) is 16.0. The van der Waals surface area contributed by atoms with Crippen molar-refractivity contribution in [2.75, 3.05) is 24.5 Å². The van der Waals surface area contributed by atoms with Gasteiger partial charge in [-0.05, 0) is 24.3 Å². The summed E-state index contributed by atoms with van der Waals surface area (Å²) in [6.07, 6.45) is 1.70. The molecule has 132 valence electrons. The molecule has 3 aromatic rings. The number of benzene rings is 2. The second kappa shape index (κ2) is 7.18. The number of para-hydroxylation sites is 1. The number of fused-ring (bicyclic) bond motifs is 1. The fourth-order valence-corrected chi connectivity index (χ4v) is 2.66. The van der Waals surface area contributed by atoms with Crippen LogP contribution in [0.3, 0.4) is 0 Å². The van der Waals surface area contributed by atoms with Crippen molar-refractivity contribution in [1.82, 2.24) is 9.97 Å². The molecule has 0 amide bonds. The summed E-state index contributed by atoms with van der Waals surface area (Å²) in [5.74, 6) is 3.50. The standard InChI is InChI=1S/C19H18N4O3/c1-24-15-5-3-2-4-13(15)11-21-18-8-9-20-19(23-18)22-14-6-7-16-17(10-14)26-12-25-16/h2-10H,11-12H2,1H3,(H2,20,21,22,23). The fourth-order valence-electron chi connectivity index (χ4n) is 2.66. The summed E-state index contributed by atoms with van der Waals surface area (Å²) in [4.78, 5) is 8.74. The van der Waals surface area contributed by atoms with Crippen LogP contribution in [0, 0.1) is 0 Å². The molecule has 0 spiro atoms. The SMILES string of the molecule is COc1ccccc1CNc1ccnc(Nc2ccc3c(c2)OCO3)n1. The van der Waals surface area contributed by atoms with Gasteiger partial charge in [-0.25, -0.2) is 4.98 Å². The molecule has 2 N–H and O–H groups in total. The number of nitrogens with zero attached hydrogens (tertiary/aromatic N) is 2. The first-order valence-corrected chi connectivity index (χ1v) is 8.17. The highest BCUT2D eigenvalue weighted by Crippen LogP contribution is 2.34. The Kier molecular flexibility index (Phi) is 4.42. The summed E-state index contributed by atoms with van der Waals surface area (Å²) < 4.78 is 16.1. The lowest BCUT2D eigenvalue weighted by atomic mass is 10.2. The lowest BCUT2D eigenvalue weighted by molar-refractivity contribution is 0.174. The summed E-state index contributed by atoms with van der Waals surface area (Å²) in [5.41, 5.74) is 1.88. The van der Waals surface area contributed by atoms with Crippen molar-refractivity contribution in [2.45, 2.75) is 6.54 Å². The molecule has 0 saturated heterocycles. The smallest absolute Gasteiger partial charge is 0.231 e. The molecular formula is C19H18N4O3. The monoisotopic (exact) mass is 350 g/mol. The molecule has 0 saturated carbocycles. The van der Waals surface area contributed by atoms with E-state index in [0.29, 0.717) is 24.1 Å². The number of aromatic nitrogens is 2. The minimum atomic E-state index is 0.248. The van der Waals surface area contributed by atoms with Crippen molar-refractivity contribution in [3.63, 3.8) is 0 Å². The second-order valence-corrected chi connectivity index (χ2v) is 5.62. The zero-order valence-electron chi connectivity index (χ0n) is 14.2. The first-order chi connectivity index (χ1) is 12.8. The molecule has 2 heterocycles. The summed E-state index contributed by atoms with van der Waals surface area (Å²) in [5, 5.41) is 6.46. The van der Waals surface area contributed by atoms with Gasteiger partial charge in [-0.1, -0.05) is 18.2 Å². The van der Waals surface area contributed by atoms with Gasteiger partial charge in [0.2, 0.25) is 12.7 Å². The molecular weight excluding hydrogens is 332 g/mol. The molecule has 7 nitrogen and oxygen atoms in total. The van der Waals surface area contributed by atoms with Gasteiger partial charge in [-0.15, -0.1) is 0 Å². The van der Waals surface area contributed by atoms with E-state index in [1.165, 1.54) is 0 Å². The number of nitrogens with one attached hydrogen (secondary N) is 2. The molecule has 0 bridgehead atoms. The topological polar surface area (TPSA) is 77.5 Å². The Labute approximate surface area is 151 Å². The number of hydrogen-bond donors (Lipinski definition) is 2. The Bertz CT molecular complexity index is 917. The molecule has 7 heteroatoms. The number of methoxy groups -OCH3 is 1. The van der Waals surface area contributed by atoms with E-state index < -0.39 is 0 Å². The van der Waals surface area contributed by atoms with E-state index in [0.717, 1.165) is 22.7 Å². The van der Waals surface area contributed by atoms with Crippen LogP contribution in [0.5, 0.6) is 17.2 Å². The molecule has 0 aliphatic carbocycles. The number of anilines is 3. The van der Waals surface area contributed by atoms with E-state index in [9.17, 15) is 0 Å². The van der Waals surface area contributed by atoms with Crippen LogP contribution in [0.15, 0.2) is 54.7 Å². The van der Waals surface area contributed by atoms with Crippen LogP contribution in [0.25, 0.3) is 0 Å². The number of ether oxygens (including phenoxy) is 3. The average molecular weight is 350 g/mol. The van der Waals surface area contributed by atoms with Gasteiger partial charge < -0.3 is 24.8 Å².